The van der Waals surface area contributed by atoms with Crippen LogP contribution in [0.2, 0.25) is 25.7 Å². The minimum Gasteiger partial charge on any atom is -0.366 e. The fraction of sp³-hybridized carbons (Fsp3) is 0.433. The second-order valence-electron chi connectivity index (χ2n) is 11.4. The first kappa shape index (κ1) is 29.2. The highest BCUT2D eigenvalue weighted by Gasteiger charge is 2.43. The number of piperidine rings is 1. The van der Waals surface area contributed by atoms with Crippen molar-refractivity contribution in [1.82, 2.24) is 14.8 Å². The smallest absolute Gasteiger partial charge is 0.255 e. The summed E-state index contributed by atoms with van der Waals surface area (Å²) >= 11 is 0. The summed E-state index contributed by atoms with van der Waals surface area (Å²) in [6.07, 6.45) is 4.12. The maximum absolute atomic E-state index is 13.3. The summed E-state index contributed by atoms with van der Waals surface area (Å²) in [5.74, 6) is 5.03. The topological polar surface area (TPSA) is 123 Å². The van der Waals surface area contributed by atoms with E-state index >= 15 is 0 Å². The molecular weight excluding hydrogens is 524 g/mol. The molecule has 40 heavy (non-hydrogen) atoms. The van der Waals surface area contributed by atoms with Gasteiger partial charge in [-0.15, -0.1) is 0 Å². The van der Waals surface area contributed by atoms with Crippen molar-refractivity contribution < 1.29 is 23.9 Å². The lowest BCUT2D eigenvalue weighted by Crippen LogP contribution is -2.55. The number of benzene rings is 1. The van der Waals surface area contributed by atoms with Crippen molar-refractivity contribution in [2.24, 2.45) is 5.73 Å². The van der Waals surface area contributed by atoms with Gasteiger partial charge >= 0.3 is 0 Å². The SMILES string of the molecule is C[Si](C)(C)CCOCN1C(=O)CCC(N2Cc3c(C#CCCCc4ccc(C(N)=O)cn4)cccc3C2=O)C1=O. The molecule has 2 N–H and O–H groups in total. The molecule has 0 spiro atoms. The quantitative estimate of drug-likeness (QED) is 0.206. The molecule has 1 aromatic carbocycles. The van der Waals surface area contributed by atoms with Crippen LogP contribution in [-0.4, -0.2) is 65.9 Å². The van der Waals surface area contributed by atoms with E-state index in [-0.39, 0.29) is 37.4 Å². The number of carbonyl (C=O) groups excluding carboxylic acids is 4. The Balaban J connectivity index is 1.36. The number of unbranched alkanes of at least 4 members (excludes halogenated alkanes) is 1. The number of carbonyl (C=O) groups is 4. The Morgan fingerprint density at radius 2 is 1.98 bits per heavy atom. The number of aromatic nitrogens is 1. The number of rotatable bonds is 10. The van der Waals surface area contributed by atoms with Gasteiger partial charge in [0.1, 0.15) is 12.8 Å². The number of ether oxygens (including phenoxy) is 1. The van der Waals surface area contributed by atoms with Crippen LogP contribution in [0.4, 0.5) is 0 Å². The number of amides is 4. The van der Waals surface area contributed by atoms with E-state index in [0.717, 1.165) is 34.2 Å². The van der Waals surface area contributed by atoms with Gasteiger partial charge in [-0.2, -0.15) is 0 Å². The molecule has 0 radical (unpaired) electrons. The standard InChI is InChI=1S/C30H36N4O5Si/c1-40(2,3)17-16-39-20-34-27(35)15-14-26(30(34)38)33-19-25-21(9-7-11-24(25)29(33)37)8-5-4-6-10-23-13-12-22(18-32-23)28(31)36/h7,9,11-13,18,26H,4,6,10,14-17,19-20H2,1-3H3,(H2,31,36). The van der Waals surface area contributed by atoms with E-state index in [0.29, 0.717) is 37.0 Å². The number of primary amides is 1. The normalized spacial score (nSPS) is 17.1. The number of pyridine rings is 1. The summed E-state index contributed by atoms with van der Waals surface area (Å²) in [7, 11) is -1.29. The Kier molecular flexibility index (Phi) is 9.17. The predicted molar refractivity (Wildman–Crippen MR) is 153 cm³/mol. The summed E-state index contributed by atoms with van der Waals surface area (Å²) < 4.78 is 5.69. The number of nitrogens with two attached hydrogens (primary N) is 1. The van der Waals surface area contributed by atoms with Gasteiger partial charge in [0.05, 0.1) is 5.56 Å². The highest BCUT2D eigenvalue weighted by Crippen LogP contribution is 2.31. The molecule has 4 rings (SSSR count). The van der Waals surface area contributed by atoms with Crippen LogP contribution >= 0.6 is 0 Å². The van der Waals surface area contributed by atoms with Gasteiger partial charge in [0.25, 0.3) is 11.8 Å². The Morgan fingerprint density at radius 3 is 2.67 bits per heavy atom. The third-order valence-electron chi connectivity index (χ3n) is 7.14. The van der Waals surface area contributed by atoms with Crippen LogP contribution in [0.1, 0.15) is 63.2 Å². The van der Waals surface area contributed by atoms with Crippen molar-refractivity contribution in [1.29, 1.82) is 0 Å². The maximum Gasteiger partial charge on any atom is 0.255 e. The molecule has 3 heterocycles. The number of aryl methyl sites for hydroxylation is 1. The molecule has 9 nitrogen and oxygen atoms in total. The molecule has 0 bridgehead atoms. The average molecular weight is 561 g/mol. The van der Waals surface area contributed by atoms with Crippen molar-refractivity contribution in [2.75, 3.05) is 13.3 Å². The summed E-state index contributed by atoms with van der Waals surface area (Å²) in [4.78, 5) is 57.3. The zero-order valence-electron chi connectivity index (χ0n) is 23.4. The largest absolute Gasteiger partial charge is 0.366 e. The molecule has 2 aliphatic rings. The van der Waals surface area contributed by atoms with Crippen LogP contribution in [0.15, 0.2) is 36.5 Å². The van der Waals surface area contributed by atoms with Crippen molar-refractivity contribution in [3.63, 3.8) is 0 Å². The van der Waals surface area contributed by atoms with Crippen LogP contribution in [0.25, 0.3) is 0 Å². The van der Waals surface area contributed by atoms with Crippen LogP contribution in [0, 0.1) is 11.8 Å². The third-order valence-corrected chi connectivity index (χ3v) is 8.84. The molecule has 210 valence electrons. The van der Waals surface area contributed by atoms with E-state index in [2.05, 4.69) is 36.5 Å². The van der Waals surface area contributed by atoms with E-state index in [1.54, 1.807) is 29.2 Å². The maximum atomic E-state index is 13.3. The molecule has 2 aliphatic heterocycles. The zero-order valence-corrected chi connectivity index (χ0v) is 24.4. The van der Waals surface area contributed by atoms with Crippen molar-refractivity contribution >= 4 is 31.7 Å². The van der Waals surface area contributed by atoms with E-state index < -0.39 is 20.0 Å². The highest BCUT2D eigenvalue weighted by molar-refractivity contribution is 6.76. The van der Waals surface area contributed by atoms with Crippen LogP contribution in [-0.2, 0) is 27.3 Å². The van der Waals surface area contributed by atoms with E-state index in [1.165, 1.54) is 6.20 Å². The number of imide groups is 1. The van der Waals surface area contributed by atoms with Gasteiger partial charge in [-0.25, -0.2) is 0 Å². The molecule has 1 unspecified atom stereocenters. The zero-order chi connectivity index (χ0) is 28.9. The van der Waals surface area contributed by atoms with Crippen molar-refractivity contribution in [3.05, 3.63) is 64.5 Å². The molecule has 1 aromatic heterocycles. The Hall–Kier alpha value is -3.81. The fourth-order valence-corrected chi connectivity index (χ4v) is 5.49. The lowest BCUT2D eigenvalue weighted by atomic mass is 10.0. The highest BCUT2D eigenvalue weighted by atomic mass is 28.3. The molecule has 1 saturated heterocycles. The number of hydrogen-bond acceptors (Lipinski definition) is 6. The second kappa shape index (κ2) is 12.6. The van der Waals surface area contributed by atoms with Crippen LogP contribution < -0.4 is 5.73 Å². The Labute approximate surface area is 236 Å². The Bertz CT molecular complexity index is 1360. The monoisotopic (exact) mass is 560 g/mol. The van der Waals surface area contributed by atoms with Crippen molar-refractivity contribution in [3.8, 4) is 11.8 Å². The molecule has 4 amide bonds. The first-order valence-corrected chi connectivity index (χ1v) is 17.3. The summed E-state index contributed by atoms with van der Waals surface area (Å²) in [6.45, 7) is 7.43. The molecule has 2 aromatic rings. The van der Waals surface area contributed by atoms with E-state index in [4.69, 9.17) is 10.5 Å². The molecule has 0 saturated carbocycles. The lowest BCUT2D eigenvalue weighted by Gasteiger charge is -2.35. The minimum atomic E-state index is -1.29. The van der Waals surface area contributed by atoms with Gasteiger partial charge in [0, 0.05) is 57.1 Å². The van der Waals surface area contributed by atoms with Crippen molar-refractivity contribution in [2.45, 2.75) is 70.4 Å². The number of hydrogen-bond donors (Lipinski definition) is 1. The van der Waals surface area contributed by atoms with Gasteiger partial charge in [0.2, 0.25) is 11.8 Å². The minimum absolute atomic E-state index is 0.0742. The number of likely N-dealkylation sites (tertiary alicyclic amines) is 1. The number of nitrogens with zero attached hydrogens (tertiary/aromatic N) is 3. The third kappa shape index (κ3) is 7.03. The molecule has 0 aliphatic carbocycles. The molecule has 10 heteroatoms. The van der Waals surface area contributed by atoms with Gasteiger partial charge in [-0.3, -0.25) is 29.1 Å². The van der Waals surface area contributed by atoms with E-state index in [9.17, 15) is 19.2 Å². The van der Waals surface area contributed by atoms with Gasteiger partial charge in [0.15, 0.2) is 0 Å². The first-order valence-electron chi connectivity index (χ1n) is 13.6. The lowest BCUT2D eigenvalue weighted by molar-refractivity contribution is -0.158. The fourth-order valence-electron chi connectivity index (χ4n) is 4.74. The summed E-state index contributed by atoms with van der Waals surface area (Å²) in [5, 5.41) is 0. The van der Waals surface area contributed by atoms with Gasteiger partial charge in [-0.05, 0) is 55.1 Å². The summed E-state index contributed by atoms with van der Waals surface area (Å²) in [5.41, 5.74) is 8.62. The van der Waals surface area contributed by atoms with Gasteiger partial charge < -0.3 is 15.4 Å². The number of fused-ring (bicyclic) bond motifs is 1. The van der Waals surface area contributed by atoms with Crippen LogP contribution in [0.3, 0.4) is 0 Å². The van der Waals surface area contributed by atoms with Crippen LogP contribution in [0.5, 0.6) is 0 Å². The summed E-state index contributed by atoms with van der Waals surface area (Å²) in [6, 6.07) is 9.15. The van der Waals surface area contributed by atoms with E-state index in [1.807, 2.05) is 6.07 Å². The predicted octanol–water partition coefficient (Wildman–Crippen LogP) is 3.34. The second-order valence-corrected chi connectivity index (χ2v) is 17.0. The van der Waals surface area contributed by atoms with Gasteiger partial charge in [-0.1, -0.05) is 37.5 Å². The average Bonchev–Trinajstić information content (AvgIpc) is 3.24. The molecule has 1 atom stereocenters. The molecule has 1 fully saturated rings. The molecular formula is C30H36N4O5Si. The Morgan fingerprint density at radius 1 is 1.18 bits per heavy atom. The first-order chi connectivity index (χ1) is 19.0.